The van der Waals surface area contributed by atoms with Crippen molar-refractivity contribution in [3.63, 3.8) is 0 Å². The summed E-state index contributed by atoms with van der Waals surface area (Å²) in [5.74, 6) is 0.702. The Hall–Kier alpha value is -1.58. The summed E-state index contributed by atoms with van der Waals surface area (Å²) in [5, 5.41) is 3.96. The predicted molar refractivity (Wildman–Crippen MR) is 58.9 cm³/mol. The van der Waals surface area contributed by atoms with Crippen LogP contribution in [0.1, 0.15) is 43.0 Å². The summed E-state index contributed by atoms with van der Waals surface area (Å²) in [6.07, 6.45) is 1.91. The number of carbonyl (C=O) groups is 1. The molecule has 0 bridgehead atoms. The van der Waals surface area contributed by atoms with Gasteiger partial charge in [0.05, 0.1) is 0 Å². The highest BCUT2D eigenvalue weighted by Crippen LogP contribution is 2.05. The Labute approximate surface area is 89.4 Å². The summed E-state index contributed by atoms with van der Waals surface area (Å²) in [7, 11) is 0. The largest absolute Gasteiger partial charge is 0.456 e. The van der Waals surface area contributed by atoms with Gasteiger partial charge in [-0.05, 0) is 32.4 Å². The van der Waals surface area contributed by atoms with Crippen LogP contribution < -0.4 is 5.43 Å². The lowest BCUT2D eigenvalue weighted by Gasteiger charge is -1.98. The number of aryl methyl sites for hydroxylation is 1. The number of nitrogens with zero attached hydrogens (tertiary/aromatic N) is 1. The molecule has 15 heavy (non-hydrogen) atoms. The van der Waals surface area contributed by atoms with Crippen LogP contribution in [0, 0.1) is 6.92 Å². The van der Waals surface area contributed by atoms with Crippen LogP contribution in [0.4, 0.5) is 0 Å². The number of hydrazone groups is 1. The summed E-state index contributed by atoms with van der Waals surface area (Å²) < 4.78 is 5.16. The number of hydrogen-bond donors (Lipinski definition) is 1. The van der Waals surface area contributed by atoms with Gasteiger partial charge in [0.25, 0.3) is 0 Å². The van der Waals surface area contributed by atoms with Crippen molar-refractivity contribution in [1.82, 2.24) is 5.43 Å². The van der Waals surface area contributed by atoms with E-state index >= 15 is 0 Å². The molecule has 0 aliphatic heterocycles. The molecular formula is C11H16N2O2. The minimum Gasteiger partial charge on any atom is -0.456 e. The highest BCUT2D eigenvalue weighted by Gasteiger charge is 2.08. The van der Waals surface area contributed by atoms with Crippen molar-refractivity contribution >= 4 is 11.6 Å². The molecule has 1 amide bonds. The van der Waals surface area contributed by atoms with E-state index in [4.69, 9.17) is 4.42 Å². The second-order valence-corrected chi connectivity index (χ2v) is 3.45. The number of rotatable bonds is 4. The average Bonchev–Trinajstić information content (AvgIpc) is 2.62. The average molecular weight is 208 g/mol. The molecule has 1 rings (SSSR count). The zero-order valence-corrected chi connectivity index (χ0v) is 9.33. The summed E-state index contributed by atoms with van der Waals surface area (Å²) in [4.78, 5) is 11.5. The standard InChI is InChI=1S/C11H16N2O2/c1-4-5-8(2)12-13-11(14)10-7-6-9(3)15-10/h6-7H,4-5H2,1-3H3,(H,13,14)/b12-8+. The van der Waals surface area contributed by atoms with Crippen molar-refractivity contribution in [2.75, 3.05) is 0 Å². The maximum atomic E-state index is 11.5. The van der Waals surface area contributed by atoms with Crippen LogP contribution in [0.5, 0.6) is 0 Å². The minimum atomic E-state index is -0.307. The Bertz CT molecular complexity index is 366. The van der Waals surface area contributed by atoms with Gasteiger partial charge in [-0.3, -0.25) is 4.79 Å². The fraction of sp³-hybridized carbons (Fsp3) is 0.455. The second kappa shape index (κ2) is 5.34. The van der Waals surface area contributed by atoms with Crippen molar-refractivity contribution in [3.05, 3.63) is 23.7 Å². The van der Waals surface area contributed by atoms with Crippen molar-refractivity contribution in [3.8, 4) is 0 Å². The van der Waals surface area contributed by atoms with E-state index in [1.54, 1.807) is 19.1 Å². The maximum Gasteiger partial charge on any atom is 0.307 e. The van der Waals surface area contributed by atoms with Gasteiger partial charge < -0.3 is 4.42 Å². The molecule has 0 aromatic carbocycles. The third kappa shape index (κ3) is 3.58. The molecule has 82 valence electrons. The van der Waals surface area contributed by atoms with E-state index in [0.717, 1.165) is 24.3 Å². The molecule has 4 heteroatoms. The van der Waals surface area contributed by atoms with Crippen LogP contribution in [-0.2, 0) is 0 Å². The highest BCUT2D eigenvalue weighted by atomic mass is 16.3. The van der Waals surface area contributed by atoms with Crippen LogP contribution in [0.3, 0.4) is 0 Å². The first-order valence-corrected chi connectivity index (χ1v) is 5.03. The lowest BCUT2D eigenvalue weighted by atomic mass is 10.2. The molecule has 0 atom stereocenters. The second-order valence-electron chi connectivity index (χ2n) is 3.45. The van der Waals surface area contributed by atoms with Crippen LogP contribution in [-0.4, -0.2) is 11.6 Å². The van der Waals surface area contributed by atoms with E-state index in [9.17, 15) is 4.79 Å². The van der Waals surface area contributed by atoms with E-state index in [0.29, 0.717) is 5.76 Å². The quantitative estimate of drug-likeness (QED) is 0.610. The summed E-state index contributed by atoms with van der Waals surface area (Å²) in [5.41, 5.74) is 3.36. The first kappa shape index (κ1) is 11.5. The van der Waals surface area contributed by atoms with E-state index < -0.39 is 0 Å². The van der Waals surface area contributed by atoms with Crippen LogP contribution >= 0.6 is 0 Å². The molecule has 0 fully saturated rings. The molecule has 0 spiro atoms. The Morgan fingerprint density at radius 2 is 2.27 bits per heavy atom. The van der Waals surface area contributed by atoms with Crippen molar-refractivity contribution in [2.45, 2.75) is 33.6 Å². The molecule has 0 aliphatic carbocycles. The van der Waals surface area contributed by atoms with Crippen LogP contribution in [0.15, 0.2) is 21.7 Å². The third-order valence-corrected chi connectivity index (χ3v) is 1.92. The number of furan rings is 1. The van der Waals surface area contributed by atoms with Crippen molar-refractivity contribution in [1.29, 1.82) is 0 Å². The summed E-state index contributed by atoms with van der Waals surface area (Å²) in [6, 6.07) is 3.38. The summed E-state index contributed by atoms with van der Waals surface area (Å²) >= 11 is 0. The van der Waals surface area contributed by atoms with E-state index in [1.807, 2.05) is 6.92 Å². The number of amides is 1. The summed E-state index contributed by atoms with van der Waals surface area (Å²) in [6.45, 7) is 5.75. The molecule has 1 aromatic heterocycles. The Balaban J connectivity index is 2.53. The van der Waals surface area contributed by atoms with Crippen LogP contribution in [0.2, 0.25) is 0 Å². The van der Waals surface area contributed by atoms with Gasteiger partial charge in [-0.25, -0.2) is 5.43 Å². The Morgan fingerprint density at radius 1 is 1.53 bits per heavy atom. The smallest absolute Gasteiger partial charge is 0.307 e. The topological polar surface area (TPSA) is 54.6 Å². The van der Waals surface area contributed by atoms with Gasteiger partial charge >= 0.3 is 5.91 Å². The van der Waals surface area contributed by atoms with Gasteiger partial charge in [-0.1, -0.05) is 13.3 Å². The first-order chi connectivity index (χ1) is 7.13. The predicted octanol–water partition coefficient (Wildman–Crippen LogP) is 2.49. The maximum absolute atomic E-state index is 11.5. The van der Waals surface area contributed by atoms with E-state index in [2.05, 4.69) is 17.5 Å². The molecule has 0 aliphatic rings. The first-order valence-electron chi connectivity index (χ1n) is 5.03. The Kier molecular flexibility index (Phi) is 4.09. The number of nitrogens with one attached hydrogen (secondary N) is 1. The lowest BCUT2D eigenvalue weighted by molar-refractivity contribution is 0.0925. The zero-order valence-electron chi connectivity index (χ0n) is 9.33. The molecule has 0 saturated carbocycles. The van der Waals surface area contributed by atoms with Gasteiger partial charge in [0, 0.05) is 5.71 Å². The SMILES string of the molecule is CCC/C(C)=N/NC(=O)c1ccc(C)o1. The normalized spacial score (nSPS) is 11.5. The molecule has 1 heterocycles. The van der Waals surface area contributed by atoms with Gasteiger partial charge in [0.2, 0.25) is 0 Å². The third-order valence-electron chi connectivity index (χ3n) is 1.92. The lowest BCUT2D eigenvalue weighted by Crippen LogP contribution is -2.18. The molecule has 1 aromatic rings. The van der Waals surface area contributed by atoms with E-state index in [-0.39, 0.29) is 5.91 Å². The number of hydrogen-bond acceptors (Lipinski definition) is 3. The van der Waals surface area contributed by atoms with Gasteiger partial charge in [-0.2, -0.15) is 5.10 Å². The van der Waals surface area contributed by atoms with Crippen molar-refractivity contribution in [2.24, 2.45) is 5.10 Å². The van der Waals surface area contributed by atoms with Gasteiger partial charge in [-0.15, -0.1) is 0 Å². The van der Waals surface area contributed by atoms with Gasteiger partial charge in [0.1, 0.15) is 5.76 Å². The molecule has 0 saturated heterocycles. The monoisotopic (exact) mass is 208 g/mol. The Morgan fingerprint density at radius 3 is 2.80 bits per heavy atom. The number of carbonyl (C=O) groups excluding carboxylic acids is 1. The molecule has 0 unspecified atom stereocenters. The zero-order chi connectivity index (χ0) is 11.3. The molecule has 0 radical (unpaired) electrons. The fourth-order valence-corrected chi connectivity index (χ4v) is 1.18. The molecular weight excluding hydrogens is 192 g/mol. The van der Waals surface area contributed by atoms with Crippen molar-refractivity contribution < 1.29 is 9.21 Å². The van der Waals surface area contributed by atoms with E-state index in [1.165, 1.54) is 0 Å². The van der Waals surface area contributed by atoms with Gasteiger partial charge in [0.15, 0.2) is 5.76 Å². The highest BCUT2D eigenvalue weighted by molar-refractivity contribution is 5.92. The van der Waals surface area contributed by atoms with Crippen LogP contribution in [0.25, 0.3) is 0 Å². The molecule has 1 N–H and O–H groups in total. The fourth-order valence-electron chi connectivity index (χ4n) is 1.18. The molecule has 4 nitrogen and oxygen atoms in total. The minimum absolute atomic E-state index is 0.292.